The van der Waals surface area contributed by atoms with Gasteiger partial charge in [0.25, 0.3) is 0 Å². The zero-order valence-corrected chi connectivity index (χ0v) is 16.9. The maximum atomic E-state index is 13.0. The van der Waals surface area contributed by atoms with Gasteiger partial charge in [0.05, 0.1) is 11.3 Å². The van der Waals surface area contributed by atoms with Crippen LogP contribution in [0.5, 0.6) is 11.5 Å². The third-order valence-corrected chi connectivity index (χ3v) is 5.16. The second kappa shape index (κ2) is 10.1. The molecule has 1 fully saturated rings. The van der Waals surface area contributed by atoms with Crippen molar-refractivity contribution < 1.29 is 22.6 Å². The van der Waals surface area contributed by atoms with Crippen molar-refractivity contribution in [2.75, 3.05) is 50.8 Å². The van der Waals surface area contributed by atoms with Gasteiger partial charge in [-0.15, -0.1) is 0 Å². The van der Waals surface area contributed by atoms with E-state index in [1.165, 1.54) is 12.2 Å². The van der Waals surface area contributed by atoms with Crippen molar-refractivity contribution in [1.29, 1.82) is 0 Å². The van der Waals surface area contributed by atoms with Gasteiger partial charge in [0.2, 0.25) is 0 Å². The second-order valence-corrected chi connectivity index (χ2v) is 7.24. The van der Waals surface area contributed by atoms with Gasteiger partial charge in [0, 0.05) is 26.2 Å². The van der Waals surface area contributed by atoms with E-state index in [1.807, 2.05) is 19.1 Å². The first-order valence-corrected chi connectivity index (χ1v) is 10.3. The predicted octanol–water partition coefficient (Wildman–Crippen LogP) is 4.81. The van der Waals surface area contributed by atoms with Crippen LogP contribution in [0.3, 0.4) is 0 Å². The maximum Gasteiger partial charge on any atom is 0.416 e. The Morgan fingerprint density at radius 3 is 2.59 bits per heavy atom. The maximum absolute atomic E-state index is 13.0. The summed E-state index contributed by atoms with van der Waals surface area (Å²) >= 11 is 0. The minimum atomic E-state index is -4.28. The number of nitrogens with zero attached hydrogens (tertiary/aromatic N) is 2. The molecule has 4 nitrogen and oxygen atoms in total. The molecular formula is C22H29F3N2O2. The van der Waals surface area contributed by atoms with Crippen LogP contribution in [0.15, 0.2) is 42.0 Å². The number of fused-ring (bicyclic) bond motifs is 1. The van der Waals surface area contributed by atoms with Crippen molar-refractivity contribution in [1.82, 2.24) is 4.90 Å². The topological polar surface area (TPSA) is 24.9 Å². The number of rotatable bonds is 7. The molecule has 160 valence electrons. The fourth-order valence-electron chi connectivity index (χ4n) is 3.62. The fourth-order valence-corrected chi connectivity index (χ4v) is 3.62. The summed E-state index contributed by atoms with van der Waals surface area (Å²) < 4.78 is 50.4. The normalized spacial score (nSPS) is 18.5. The predicted molar refractivity (Wildman–Crippen MR) is 109 cm³/mol. The molecular weight excluding hydrogens is 381 g/mol. The van der Waals surface area contributed by atoms with Gasteiger partial charge in [-0.2, -0.15) is 13.2 Å². The molecule has 3 rings (SSSR count). The summed E-state index contributed by atoms with van der Waals surface area (Å²) in [5.74, 6) is 1.61. The lowest BCUT2D eigenvalue weighted by Gasteiger charge is -2.37. The van der Waals surface area contributed by atoms with Crippen LogP contribution in [0, 0.1) is 0 Å². The van der Waals surface area contributed by atoms with Crippen LogP contribution < -0.4 is 14.4 Å². The number of piperazine rings is 1. The highest BCUT2D eigenvalue weighted by Crippen LogP contribution is 2.39. The van der Waals surface area contributed by atoms with Crippen molar-refractivity contribution in [2.45, 2.75) is 32.4 Å². The Balaban J connectivity index is 1.47. The van der Waals surface area contributed by atoms with Gasteiger partial charge in [0.1, 0.15) is 13.2 Å². The number of ether oxygens (including phenoxy) is 2. The van der Waals surface area contributed by atoms with Gasteiger partial charge in [-0.05, 0) is 37.9 Å². The molecule has 1 saturated heterocycles. The standard InChI is InChI=1S/C22H29F3N2O2/c1-2-3-7-18(22(23,24)25)8-4-5-11-26-12-14-27(15-13-26)19-9-6-10-20-21(19)29-17-16-28-20/h3,6-10H,2,4-5,11-17H2,1H3/b7-3-,18-8+. The molecule has 0 N–H and O–H groups in total. The van der Waals surface area contributed by atoms with Crippen LogP contribution in [-0.2, 0) is 0 Å². The van der Waals surface area contributed by atoms with Crippen molar-refractivity contribution in [2.24, 2.45) is 0 Å². The van der Waals surface area contributed by atoms with Crippen molar-refractivity contribution in [3.8, 4) is 11.5 Å². The molecule has 0 unspecified atom stereocenters. The molecule has 2 heterocycles. The van der Waals surface area contributed by atoms with E-state index in [-0.39, 0.29) is 0 Å². The summed E-state index contributed by atoms with van der Waals surface area (Å²) in [6.45, 7) is 7.26. The Morgan fingerprint density at radius 1 is 1.10 bits per heavy atom. The van der Waals surface area contributed by atoms with Gasteiger partial charge < -0.3 is 14.4 Å². The summed E-state index contributed by atoms with van der Waals surface area (Å²) in [5, 5.41) is 0. The lowest BCUT2D eigenvalue weighted by molar-refractivity contribution is -0.0884. The van der Waals surface area contributed by atoms with Crippen LogP contribution in [-0.4, -0.2) is 57.0 Å². The van der Waals surface area contributed by atoms with Crippen molar-refractivity contribution in [3.63, 3.8) is 0 Å². The number of hydrogen-bond donors (Lipinski definition) is 0. The zero-order valence-electron chi connectivity index (χ0n) is 16.9. The van der Waals surface area contributed by atoms with Crippen LogP contribution in [0.4, 0.5) is 18.9 Å². The second-order valence-electron chi connectivity index (χ2n) is 7.24. The molecule has 0 atom stereocenters. The molecule has 1 aromatic carbocycles. The molecule has 7 heteroatoms. The van der Waals surface area contributed by atoms with Crippen molar-refractivity contribution >= 4 is 5.69 Å². The number of para-hydroxylation sites is 1. The average molecular weight is 410 g/mol. The molecule has 0 amide bonds. The van der Waals surface area contributed by atoms with Crippen LogP contribution in [0.1, 0.15) is 26.2 Å². The van der Waals surface area contributed by atoms with E-state index >= 15 is 0 Å². The van der Waals surface area contributed by atoms with E-state index in [4.69, 9.17) is 9.47 Å². The van der Waals surface area contributed by atoms with E-state index in [0.717, 1.165) is 56.3 Å². The Kier molecular flexibility index (Phi) is 7.47. The van der Waals surface area contributed by atoms with Gasteiger partial charge >= 0.3 is 6.18 Å². The molecule has 1 aromatic rings. The first-order valence-electron chi connectivity index (χ1n) is 10.3. The minimum absolute atomic E-state index is 0.431. The van der Waals surface area contributed by atoms with Crippen molar-refractivity contribution in [3.05, 3.63) is 42.0 Å². The molecule has 0 aliphatic carbocycles. The van der Waals surface area contributed by atoms with Gasteiger partial charge in [0.15, 0.2) is 11.5 Å². The highest BCUT2D eigenvalue weighted by molar-refractivity contribution is 5.65. The van der Waals surface area contributed by atoms with Gasteiger partial charge in [-0.25, -0.2) is 0 Å². The molecule has 29 heavy (non-hydrogen) atoms. The third kappa shape index (κ3) is 5.92. The minimum Gasteiger partial charge on any atom is -0.486 e. The zero-order chi connectivity index (χ0) is 20.7. The SMILES string of the molecule is CC/C=C\C(=C/CCCN1CCN(c2cccc3c2OCCO3)CC1)C(F)(F)F. The lowest BCUT2D eigenvalue weighted by Crippen LogP contribution is -2.46. The van der Waals surface area contributed by atoms with Crippen LogP contribution in [0.25, 0.3) is 0 Å². The number of hydrogen-bond acceptors (Lipinski definition) is 4. The molecule has 0 spiro atoms. The Hall–Kier alpha value is -2.15. The molecule has 0 aromatic heterocycles. The first kappa shape index (κ1) is 21.6. The smallest absolute Gasteiger partial charge is 0.416 e. The number of halogens is 3. The number of allylic oxidation sites excluding steroid dienone is 4. The van der Waals surface area contributed by atoms with Crippen LogP contribution >= 0.6 is 0 Å². The number of unbranched alkanes of at least 4 members (excludes halogenated alkanes) is 1. The summed E-state index contributed by atoms with van der Waals surface area (Å²) in [7, 11) is 0. The van der Waals surface area contributed by atoms with Crippen LogP contribution in [0.2, 0.25) is 0 Å². The summed E-state index contributed by atoms with van der Waals surface area (Å²) in [4.78, 5) is 4.60. The molecule has 0 bridgehead atoms. The summed E-state index contributed by atoms with van der Waals surface area (Å²) in [6.07, 6.45) is 1.52. The van der Waals surface area contributed by atoms with E-state index in [2.05, 4.69) is 15.9 Å². The fraction of sp³-hybridized carbons (Fsp3) is 0.545. The molecule has 2 aliphatic heterocycles. The van der Waals surface area contributed by atoms with Gasteiger partial charge in [-0.3, -0.25) is 4.90 Å². The van der Waals surface area contributed by atoms with Gasteiger partial charge in [-0.1, -0.05) is 31.2 Å². The highest BCUT2D eigenvalue weighted by atomic mass is 19.4. The Morgan fingerprint density at radius 2 is 1.86 bits per heavy atom. The average Bonchev–Trinajstić information content (AvgIpc) is 2.72. The monoisotopic (exact) mass is 410 g/mol. The van der Waals surface area contributed by atoms with E-state index in [1.54, 1.807) is 6.08 Å². The number of alkyl halides is 3. The molecule has 0 radical (unpaired) electrons. The van der Waals surface area contributed by atoms with E-state index in [0.29, 0.717) is 26.1 Å². The number of anilines is 1. The lowest BCUT2D eigenvalue weighted by atomic mass is 10.1. The quantitative estimate of drug-likeness (QED) is 0.476. The highest BCUT2D eigenvalue weighted by Gasteiger charge is 2.31. The first-order chi connectivity index (χ1) is 14.0. The van der Waals surface area contributed by atoms with E-state index < -0.39 is 11.7 Å². The summed E-state index contributed by atoms with van der Waals surface area (Å²) in [6, 6.07) is 5.95. The Labute approximate surface area is 170 Å². The van der Waals surface area contributed by atoms with E-state index in [9.17, 15) is 13.2 Å². The Bertz CT molecular complexity index is 723. The molecule has 0 saturated carbocycles. The molecule has 2 aliphatic rings. The third-order valence-electron chi connectivity index (χ3n) is 5.16. The number of benzene rings is 1. The largest absolute Gasteiger partial charge is 0.486 e. The summed E-state index contributed by atoms with van der Waals surface area (Å²) in [5.41, 5.74) is 0.516.